The lowest BCUT2D eigenvalue weighted by molar-refractivity contribution is 0.0636. The van der Waals surface area contributed by atoms with E-state index in [1.54, 1.807) is 18.1 Å². The molecule has 1 heterocycles. The second kappa shape index (κ2) is 7.42. The Balaban J connectivity index is 2.11. The molecule has 0 radical (unpaired) electrons. The minimum atomic E-state index is -0.699. The number of carbonyl (C=O) groups excluding carboxylic acids is 1. The maximum Gasteiger partial charge on any atom is 0.267 e. The van der Waals surface area contributed by atoms with Gasteiger partial charge in [-0.25, -0.2) is 0 Å². The summed E-state index contributed by atoms with van der Waals surface area (Å²) in [5.41, 5.74) is 1.96. The van der Waals surface area contributed by atoms with Gasteiger partial charge >= 0.3 is 0 Å². The van der Waals surface area contributed by atoms with Crippen molar-refractivity contribution in [2.75, 3.05) is 20.2 Å². The van der Waals surface area contributed by atoms with Crippen LogP contribution in [0.1, 0.15) is 33.8 Å². The van der Waals surface area contributed by atoms with E-state index in [1.165, 1.54) is 11.3 Å². The second-order valence-corrected chi connectivity index (χ2v) is 6.00. The topological polar surface area (TPSA) is 49.8 Å². The van der Waals surface area contributed by atoms with Gasteiger partial charge in [-0.3, -0.25) is 4.79 Å². The Hall–Kier alpha value is -1.85. The van der Waals surface area contributed by atoms with Crippen LogP contribution in [0.4, 0.5) is 0 Å². The molecule has 1 aromatic carbocycles. The summed E-state index contributed by atoms with van der Waals surface area (Å²) in [5.74, 6) is 0.471. The fourth-order valence-corrected chi connectivity index (χ4v) is 3.04. The number of thiophene rings is 1. The highest BCUT2D eigenvalue weighted by atomic mass is 32.1. The van der Waals surface area contributed by atoms with Crippen molar-refractivity contribution in [2.24, 2.45) is 0 Å². The first-order valence-electron chi connectivity index (χ1n) is 7.22. The first-order valence-corrected chi connectivity index (χ1v) is 8.10. The maximum absolute atomic E-state index is 12.6. The number of hydrogen-bond acceptors (Lipinski definition) is 4. The highest BCUT2D eigenvalue weighted by molar-refractivity contribution is 7.12. The summed E-state index contributed by atoms with van der Waals surface area (Å²) < 4.78 is 5.20. The van der Waals surface area contributed by atoms with Gasteiger partial charge in [0.05, 0.1) is 19.8 Å². The van der Waals surface area contributed by atoms with E-state index < -0.39 is 6.10 Å². The monoisotopic (exact) mass is 319 g/mol. The fourth-order valence-electron chi connectivity index (χ4n) is 2.22. The number of benzene rings is 1. The van der Waals surface area contributed by atoms with Gasteiger partial charge in [0.2, 0.25) is 0 Å². The predicted molar refractivity (Wildman–Crippen MR) is 88.6 cm³/mol. The molecular weight excluding hydrogens is 298 g/mol. The second-order valence-electron chi connectivity index (χ2n) is 5.09. The molecule has 22 heavy (non-hydrogen) atoms. The summed E-state index contributed by atoms with van der Waals surface area (Å²) in [6, 6.07) is 9.48. The highest BCUT2D eigenvalue weighted by Gasteiger charge is 2.22. The molecule has 2 rings (SSSR count). The zero-order chi connectivity index (χ0) is 16.1. The number of hydrogen-bond donors (Lipinski definition) is 1. The number of aliphatic hydroxyl groups is 1. The van der Waals surface area contributed by atoms with Crippen LogP contribution in [0, 0.1) is 6.92 Å². The maximum atomic E-state index is 12.6. The van der Waals surface area contributed by atoms with Crippen LogP contribution in [-0.2, 0) is 0 Å². The lowest BCUT2D eigenvalue weighted by Gasteiger charge is -2.24. The number of aliphatic hydroxyl groups excluding tert-OH is 1. The number of ether oxygens (including phenoxy) is 1. The molecule has 4 nitrogen and oxygen atoms in total. The molecular formula is C17H21NO3S. The summed E-state index contributed by atoms with van der Waals surface area (Å²) in [6.45, 7) is 4.70. The van der Waals surface area contributed by atoms with Crippen molar-refractivity contribution in [3.8, 4) is 5.75 Å². The minimum absolute atomic E-state index is 0.111. The largest absolute Gasteiger partial charge is 0.495 e. The van der Waals surface area contributed by atoms with E-state index in [4.69, 9.17) is 4.74 Å². The van der Waals surface area contributed by atoms with E-state index in [0.717, 1.165) is 11.1 Å². The van der Waals surface area contributed by atoms with E-state index in [1.807, 2.05) is 43.5 Å². The van der Waals surface area contributed by atoms with Crippen LogP contribution in [0.25, 0.3) is 0 Å². The standard InChI is InChI=1S/C17H21NO3S/c1-4-18(17(20)16-15(21-3)9-10-22-16)11-14(19)13-7-5-12(2)6-8-13/h5-10,14,19H,4,11H2,1-3H3. The van der Waals surface area contributed by atoms with Crippen LogP contribution in [0.2, 0.25) is 0 Å². The van der Waals surface area contributed by atoms with Gasteiger partial charge in [-0.1, -0.05) is 29.8 Å². The summed E-state index contributed by atoms with van der Waals surface area (Å²) in [6.07, 6.45) is -0.699. The van der Waals surface area contributed by atoms with Crippen LogP contribution in [0.3, 0.4) is 0 Å². The van der Waals surface area contributed by atoms with Crippen LogP contribution in [0.15, 0.2) is 35.7 Å². The van der Waals surface area contributed by atoms with Crippen molar-refractivity contribution in [3.63, 3.8) is 0 Å². The Kier molecular flexibility index (Phi) is 5.57. The van der Waals surface area contributed by atoms with Gasteiger partial charge in [-0.2, -0.15) is 0 Å². The summed E-state index contributed by atoms with van der Waals surface area (Å²) in [5, 5.41) is 12.2. The van der Waals surface area contributed by atoms with Crippen molar-refractivity contribution in [2.45, 2.75) is 20.0 Å². The van der Waals surface area contributed by atoms with Crippen molar-refractivity contribution in [3.05, 3.63) is 51.7 Å². The highest BCUT2D eigenvalue weighted by Crippen LogP contribution is 2.26. The SMILES string of the molecule is CCN(CC(O)c1ccc(C)cc1)C(=O)c1sccc1OC. The van der Waals surface area contributed by atoms with Crippen molar-refractivity contribution < 1.29 is 14.6 Å². The van der Waals surface area contributed by atoms with E-state index in [2.05, 4.69) is 0 Å². The van der Waals surface area contributed by atoms with Gasteiger partial charge in [0.15, 0.2) is 0 Å². The smallest absolute Gasteiger partial charge is 0.267 e. The zero-order valence-corrected chi connectivity index (χ0v) is 13.9. The Labute approximate surface area is 135 Å². The number of methoxy groups -OCH3 is 1. The fraction of sp³-hybridized carbons (Fsp3) is 0.353. The van der Waals surface area contributed by atoms with Crippen molar-refractivity contribution in [1.29, 1.82) is 0 Å². The molecule has 1 amide bonds. The summed E-state index contributed by atoms with van der Waals surface area (Å²) in [7, 11) is 1.55. The first-order chi connectivity index (χ1) is 10.6. The Morgan fingerprint density at radius 3 is 2.59 bits per heavy atom. The van der Waals surface area contributed by atoms with Gasteiger partial charge in [0.25, 0.3) is 5.91 Å². The van der Waals surface area contributed by atoms with E-state index in [9.17, 15) is 9.90 Å². The van der Waals surface area contributed by atoms with Gasteiger partial charge in [0.1, 0.15) is 10.6 Å². The minimum Gasteiger partial charge on any atom is -0.495 e. The average molecular weight is 319 g/mol. The molecule has 2 aromatic rings. The molecule has 0 saturated carbocycles. The quantitative estimate of drug-likeness (QED) is 0.889. The number of likely N-dealkylation sites (N-methyl/N-ethyl adjacent to an activating group) is 1. The normalized spacial score (nSPS) is 12.0. The molecule has 1 aromatic heterocycles. The van der Waals surface area contributed by atoms with Crippen molar-refractivity contribution >= 4 is 17.2 Å². The lowest BCUT2D eigenvalue weighted by atomic mass is 10.1. The summed E-state index contributed by atoms with van der Waals surface area (Å²) >= 11 is 1.35. The van der Waals surface area contributed by atoms with Crippen LogP contribution in [-0.4, -0.2) is 36.1 Å². The third-order valence-corrected chi connectivity index (χ3v) is 4.45. The van der Waals surface area contributed by atoms with Gasteiger partial charge in [-0.15, -0.1) is 11.3 Å². The molecule has 0 fully saturated rings. The molecule has 5 heteroatoms. The van der Waals surface area contributed by atoms with Crippen LogP contribution < -0.4 is 4.74 Å². The van der Waals surface area contributed by atoms with Gasteiger partial charge in [0, 0.05) is 6.54 Å². The average Bonchev–Trinajstić information content (AvgIpc) is 3.01. The third kappa shape index (κ3) is 3.67. The molecule has 0 aliphatic rings. The number of nitrogens with zero attached hydrogens (tertiary/aromatic N) is 1. The lowest BCUT2D eigenvalue weighted by Crippen LogP contribution is -2.34. The predicted octanol–water partition coefficient (Wildman–Crippen LogP) is 3.26. The third-order valence-electron chi connectivity index (χ3n) is 3.57. The Morgan fingerprint density at radius 2 is 2.00 bits per heavy atom. The van der Waals surface area contributed by atoms with Crippen LogP contribution >= 0.6 is 11.3 Å². The van der Waals surface area contributed by atoms with Crippen molar-refractivity contribution in [1.82, 2.24) is 4.90 Å². The number of amides is 1. The summed E-state index contributed by atoms with van der Waals surface area (Å²) in [4.78, 5) is 14.8. The number of carbonyl (C=O) groups is 1. The van der Waals surface area contributed by atoms with E-state index in [-0.39, 0.29) is 12.5 Å². The Bertz CT molecular complexity index is 621. The van der Waals surface area contributed by atoms with Gasteiger partial charge < -0.3 is 14.7 Å². The van der Waals surface area contributed by atoms with Crippen LogP contribution in [0.5, 0.6) is 5.75 Å². The van der Waals surface area contributed by atoms with E-state index in [0.29, 0.717) is 17.2 Å². The first kappa shape index (κ1) is 16.5. The molecule has 1 atom stereocenters. The molecule has 1 unspecified atom stereocenters. The van der Waals surface area contributed by atoms with E-state index >= 15 is 0 Å². The molecule has 0 bridgehead atoms. The molecule has 0 aliphatic carbocycles. The molecule has 118 valence electrons. The number of rotatable bonds is 6. The molecule has 0 spiro atoms. The number of aryl methyl sites for hydroxylation is 1. The van der Waals surface area contributed by atoms with Gasteiger partial charge in [-0.05, 0) is 30.9 Å². The molecule has 1 N–H and O–H groups in total. The Morgan fingerprint density at radius 1 is 1.32 bits per heavy atom. The molecule has 0 saturated heterocycles. The molecule has 0 aliphatic heterocycles. The zero-order valence-electron chi connectivity index (χ0n) is 13.1.